The molecule has 0 bridgehead atoms. The van der Waals surface area contributed by atoms with Crippen molar-refractivity contribution in [3.8, 4) is 11.3 Å². The number of rotatable bonds is 4. The number of halogens is 1. The van der Waals surface area contributed by atoms with Gasteiger partial charge < -0.3 is 9.15 Å². The van der Waals surface area contributed by atoms with E-state index < -0.39 is 5.97 Å². The predicted octanol–water partition coefficient (Wildman–Crippen LogP) is 4.46. The molecule has 0 N–H and O–H groups in total. The number of benzene rings is 2. The summed E-state index contributed by atoms with van der Waals surface area (Å²) in [7, 11) is 0. The lowest BCUT2D eigenvalue weighted by Gasteiger charge is -2.04. The van der Waals surface area contributed by atoms with E-state index in [1.54, 1.807) is 24.4 Å². The molecule has 22 heavy (non-hydrogen) atoms. The molecule has 0 aliphatic heterocycles. The Morgan fingerprint density at radius 3 is 2.59 bits per heavy atom. The van der Waals surface area contributed by atoms with Gasteiger partial charge in [-0.15, -0.1) is 0 Å². The largest absolute Gasteiger partial charge is 0.452 e. The zero-order chi connectivity index (χ0) is 15.4. The van der Waals surface area contributed by atoms with Crippen molar-refractivity contribution in [3.63, 3.8) is 0 Å². The van der Waals surface area contributed by atoms with E-state index in [9.17, 15) is 4.79 Å². The average molecular weight is 358 g/mol. The monoisotopic (exact) mass is 357 g/mol. The van der Waals surface area contributed by atoms with Crippen LogP contribution in [0.4, 0.5) is 0 Å². The molecule has 1 heterocycles. The van der Waals surface area contributed by atoms with E-state index >= 15 is 0 Å². The highest BCUT2D eigenvalue weighted by molar-refractivity contribution is 9.10. The molecular formula is C17H12BrNO3. The van der Waals surface area contributed by atoms with E-state index in [1.807, 2.05) is 36.4 Å². The van der Waals surface area contributed by atoms with Crippen molar-refractivity contribution >= 4 is 21.9 Å². The van der Waals surface area contributed by atoms with Gasteiger partial charge >= 0.3 is 5.97 Å². The molecule has 110 valence electrons. The van der Waals surface area contributed by atoms with Crippen molar-refractivity contribution in [2.75, 3.05) is 0 Å². The van der Waals surface area contributed by atoms with Crippen LogP contribution < -0.4 is 0 Å². The van der Waals surface area contributed by atoms with Crippen molar-refractivity contribution in [3.05, 3.63) is 76.7 Å². The lowest BCUT2D eigenvalue weighted by molar-refractivity contribution is 0.0438. The second-order valence-corrected chi connectivity index (χ2v) is 5.39. The van der Waals surface area contributed by atoms with Crippen LogP contribution in [0.2, 0.25) is 0 Å². The zero-order valence-corrected chi connectivity index (χ0v) is 13.1. The molecule has 5 heteroatoms. The Morgan fingerprint density at radius 1 is 1.09 bits per heavy atom. The first-order chi connectivity index (χ1) is 10.7. The van der Waals surface area contributed by atoms with E-state index in [-0.39, 0.29) is 6.61 Å². The van der Waals surface area contributed by atoms with Gasteiger partial charge in [-0.1, -0.05) is 42.5 Å². The Bertz CT molecular complexity index is 783. The maximum atomic E-state index is 12.0. The molecule has 0 fully saturated rings. The molecule has 0 saturated carbocycles. The topological polar surface area (TPSA) is 52.3 Å². The Labute approximate surface area is 135 Å². The van der Waals surface area contributed by atoms with Gasteiger partial charge in [0.15, 0.2) is 12.4 Å². The molecule has 4 nitrogen and oxygen atoms in total. The SMILES string of the molecule is O=C(OCc1ncc(-c2ccccc2)o1)c1ccccc1Br. The first-order valence-electron chi connectivity index (χ1n) is 6.66. The Kier molecular flexibility index (Phi) is 4.34. The molecular weight excluding hydrogens is 346 g/mol. The summed E-state index contributed by atoms with van der Waals surface area (Å²) in [5, 5.41) is 0. The number of ether oxygens (including phenoxy) is 1. The van der Waals surface area contributed by atoms with Crippen LogP contribution >= 0.6 is 15.9 Å². The number of carbonyl (C=O) groups excluding carboxylic acids is 1. The van der Waals surface area contributed by atoms with Crippen LogP contribution in [0.1, 0.15) is 16.2 Å². The number of hydrogen-bond acceptors (Lipinski definition) is 4. The maximum absolute atomic E-state index is 12.0. The zero-order valence-electron chi connectivity index (χ0n) is 11.5. The highest BCUT2D eigenvalue weighted by atomic mass is 79.9. The van der Waals surface area contributed by atoms with E-state index in [0.717, 1.165) is 5.56 Å². The fraction of sp³-hybridized carbons (Fsp3) is 0.0588. The van der Waals surface area contributed by atoms with Gasteiger partial charge in [-0.25, -0.2) is 9.78 Å². The molecule has 0 unspecified atom stereocenters. The van der Waals surface area contributed by atoms with Gasteiger partial charge in [0.25, 0.3) is 0 Å². The minimum atomic E-state index is -0.424. The second kappa shape index (κ2) is 6.58. The van der Waals surface area contributed by atoms with E-state index in [0.29, 0.717) is 21.7 Å². The lowest BCUT2D eigenvalue weighted by atomic mass is 10.2. The highest BCUT2D eigenvalue weighted by Crippen LogP contribution is 2.21. The minimum absolute atomic E-state index is 0.00694. The van der Waals surface area contributed by atoms with Crippen molar-refractivity contribution in [1.82, 2.24) is 4.98 Å². The summed E-state index contributed by atoms with van der Waals surface area (Å²) in [5.74, 6) is 0.582. The van der Waals surface area contributed by atoms with Crippen LogP contribution in [0.25, 0.3) is 11.3 Å². The molecule has 0 aliphatic carbocycles. The highest BCUT2D eigenvalue weighted by Gasteiger charge is 2.13. The molecule has 0 saturated heterocycles. The van der Waals surface area contributed by atoms with Crippen LogP contribution in [0, 0.1) is 0 Å². The van der Waals surface area contributed by atoms with Crippen LogP contribution in [-0.2, 0) is 11.3 Å². The number of esters is 1. The number of nitrogens with zero attached hydrogens (tertiary/aromatic N) is 1. The van der Waals surface area contributed by atoms with Gasteiger partial charge in [0.2, 0.25) is 5.89 Å². The molecule has 1 aromatic heterocycles. The molecule has 3 aromatic rings. The van der Waals surface area contributed by atoms with Gasteiger partial charge in [-0.3, -0.25) is 0 Å². The first-order valence-corrected chi connectivity index (χ1v) is 7.45. The molecule has 3 rings (SSSR count). The smallest absolute Gasteiger partial charge is 0.339 e. The van der Waals surface area contributed by atoms with Gasteiger partial charge in [0.1, 0.15) is 0 Å². The van der Waals surface area contributed by atoms with Gasteiger partial charge in [0, 0.05) is 10.0 Å². The molecule has 0 radical (unpaired) electrons. The second-order valence-electron chi connectivity index (χ2n) is 4.54. The summed E-state index contributed by atoms with van der Waals surface area (Å²) in [4.78, 5) is 16.1. The third-order valence-corrected chi connectivity index (χ3v) is 3.72. The number of carbonyl (C=O) groups is 1. The standard InChI is InChI=1S/C17H12BrNO3/c18-14-9-5-4-8-13(14)17(20)21-11-16-19-10-15(22-16)12-6-2-1-3-7-12/h1-10H,11H2. The van der Waals surface area contributed by atoms with Gasteiger partial charge in [0.05, 0.1) is 11.8 Å². The van der Waals surface area contributed by atoms with Gasteiger partial charge in [-0.05, 0) is 28.1 Å². The third kappa shape index (κ3) is 3.26. The molecule has 0 spiro atoms. The van der Waals surface area contributed by atoms with Crippen LogP contribution in [0.3, 0.4) is 0 Å². The number of hydrogen-bond donors (Lipinski definition) is 0. The van der Waals surface area contributed by atoms with Crippen molar-refractivity contribution in [2.45, 2.75) is 6.61 Å². The minimum Gasteiger partial charge on any atom is -0.452 e. The van der Waals surface area contributed by atoms with Crippen molar-refractivity contribution < 1.29 is 13.9 Å². The van der Waals surface area contributed by atoms with Crippen LogP contribution in [0.5, 0.6) is 0 Å². The normalized spacial score (nSPS) is 10.4. The van der Waals surface area contributed by atoms with E-state index in [4.69, 9.17) is 9.15 Å². The summed E-state index contributed by atoms with van der Waals surface area (Å²) in [6.45, 7) is -0.00694. The fourth-order valence-corrected chi connectivity index (χ4v) is 2.39. The van der Waals surface area contributed by atoms with E-state index in [1.165, 1.54) is 0 Å². The first kappa shape index (κ1) is 14.5. The fourth-order valence-electron chi connectivity index (χ4n) is 1.94. The number of oxazole rings is 1. The van der Waals surface area contributed by atoms with Crippen LogP contribution in [0.15, 0.2) is 69.7 Å². The third-order valence-electron chi connectivity index (χ3n) is 3.03. The molecule has 0 atom stereocenters. The molecule has 2 aromatic carbocycles. The maximum Gasteiger partial charge on any atom is 0.339 e. The van der Waals surface area contributed by atoms with Crippen LogP contribution in [-0.4, -0.2) is 11.0 Å². The lowest BCUT2D eigenvalue weighted by Crippen LogP contribution is -2.06. The van der Waals surface area contributed by atoms with E-state index in [2.05, 4.69) is 20.9 Å². The van der Waals surface area contributed by atoms with Gasteiger partial charge in [-0.2, -0.15) is 0 Å². The summed E-state index contributed by atoms with van der Waals surface area (Å²) >= 11 is 3.32. The Hall–Kier alpha value is -2.40. The Balaban J connectivity index is 1.67. The molecule has 0 amide bonds. The quantitative estimate of drug-likeness (QED) is 0.646. The molecule has 0 aliphatic rings. The summed E-state index contributed by atoms with van der Waals surface area (Å²) in [6, 6.07) is 16.7. The summed E-state index contributed by atoms with van der Waals surface area (Å²) < 4.78 is 11.5. The summed E-state index contributed by atoms with van der Waals surface area (Å²) in [5.41, 5.74) is 1.40. The van der Waals surface area contributed by atoms with Crippen molar-refractivity contribution in [1.29, 1.82) is 0 Å². The summed E-state index contributed by atoms with van der Waals surface area (Å²) in [6.07, 6.45) is 1.62. The average Bonchev–Trinajstić information content (AvgIpc) is 3.03. The number of aromatic nitrogens is 1. The Morgan fingerprint density at radius 2 is 1.82 bits per heavy atom. The predicted molar refractivity (Wildman–Crippen MR) is 85.2 cm³/mol. The van der Waals surface area contributed by atoms with Crippen molar-refractivity contribution in [2.24, 2.45) is 0 Å².